The fourth-order valence-electron chi connectivity index (χ4n) is 3.13. The number of aliphatic hydroxyl groups is 1. The first-order valence-corrected chi connectivity index (χ1v) is 9.30. The average Bonchev–Trinajstić information content (AvgIpc) is 3.54. The van der Waals surface area contributed by atoms with Crippen LogP contribution in [0.25, 0.3) is 22.2 Å². The molecule has 3 aromatic rings. The molecule has 1 aliphatic carbocycles. The Morgan fingerprint density at radius 3 is 2.77 bits per heavy atom. The lowest BCUT2D eigenvalue weighted by Gasteiger charge is -2.08. The Bertz CT molecular complexity index is 1250. The number of hydrogen-bond donors (Lipinski definition) is 3. The summed E-state index contributed by atoms with van der Waals surface area (Å²) in [6.45, 7) is 0.176. The number of aromatic nitrogens is 2. The second-order valence-corrected chi connectivity index (χ2v) is 6.98. The summed E-state index contributed by atoms with van der Waals surface area (Å²) in [5.74, 6) is 11.5. The van der Waals surface area contributed by atoms with Gasteiger partial charge in [-0.25, -0.2) is 10.5 Å². The van der Waals surface area contributed by atoms with E-state index in [1.807, 2.05) is 24.3 Å². The summed E-state index contributed by atoms with van der Waals surface area (Å²) in [7, 11) is 0. The van der Waals surface area contributed by atoms with Crippen LogP contribution in [0.15, 0.2) is 48.8 Å². The minimum Gasteiger partial charge on any atom is -0.619 e. The fourth-order valence-corrected chi connectivity index (χ4v) is 3.13. The second kappa shape index (κ2) is 8.22. The van der Waals surface area contributed by atoms with Gasteiger partial charge in [-0.1, -0.05) is 24.0 Å². The Morgan fingerprint density at radius 1 is 1.27 bits per heavy atom. The number of pyridine rings is 2. The van der Waals surface area contributed by atoms with Crippen LogP contribution in [0.4, 0.5) is 0 Å². The van der Waals surface area contributed by atoms with E-state index in [0.717, 1.165) is 17.5 Å². The predicted molar refractivity (Wildman–Crippen MR) is 109 cm³/mol. The molecule has 1 aliphatic rings. The van der Waals surface area contributed by atoms with E-state index in [-0.39, 0.29) is 18.1 Å². The Kier molecular flexibility index (Phi) is 5.32. The molecule has 1 amide bonds. The number of carbonyl (C=O) groups excluding carboxylic acids is 1. The van der Waals surface area contributed by atoms with Gasteiger partial charge in [-0.3, -0.25) is 10.0 Å². The zero-order valence-corrected chi connectivity index (χ0v) is 15.8. The Balaban J connectivity index is 1.61. The first-order valence-electron chi connectivity index (χ1n) is 9.30. The lowest BCUT2D eigenvalue weighted by atomic mass is 10.0. The van der Waals surface area contributed by atoms with Gasteiger partial charge in [-0.05, 0) is 42.4 Å². The van der Waals surface area contributed by atoms with Gasteiger partial charge >= 0.3 is 0 Å². The van der Waals surface area contributed by atoms with Crippen molar-refractivity contribution < 1.29 is 19.8 Å². The van der Waals surface area contributed by atoms with Crippen LogP contribution in [0.3, 0.4) is 0 Å². The zero-order valence-electron chi connectivity index (χ0n) is 15.8. The fraction of sp³-hybridized carbons (Fsp3) is 0.174. The summed E-state index contributed by atoms with van der Waals surface area (Å²) in [4.78, 5) is 16.6. The summed E-state index contributed by atoms with van der Waals surface area (Å²) < 4.78 is 0.571. The number of nitrogens with zero attached hydrogens (tertiary/aromatic N) is 2. The largest absolute Gasteiger partial charge is 0.619 e. The summed E-state index contributed by atoms with van der Waals surface area (Å²) in [6.07, 6.45) is 3.47. The highest BCUT2D eigenvalue weighted by molar-refractivity contribution is 6.06. The molecule has 0 saturated heterocycles. The SMILES string of the molecule is O=C(NO)c1cc(-c2ccc(C#CC#C[C@@H]3C[C@@H]3CO)cc2)nc2cc[n+]([O-])cc12. The zero-order chi connectivity index (χ0) is 21.1. The van der Waals surface area contributed by atoms with E-state index in [2.05, 4.69) is 28.7 Å². The normalized spacial score (nSPS) is 16.7. The lowest BCUT2D eigenvalue weighted by Crippen LogP contribution is -2.25. The second-order valence-electron chi connectivity index (χ2n) is 6.98. The van der Waals surface area contributed by atoms with Crippen molar-refractivity contribution in [3.05, 3.63) is 65.1 Å². The van der Waals surface area contributed by atoms with Gasteiger partial charge in [0.1, 0.15) is 0 Å². The number of amides is 1. The summed E-state index contributed by atoms with van der Waals surface area (Å²) in [5.41, 5.74) is 4.26. The maximum atomic E-state index is 12.1. The van der Waals surface area contributed by atoms with Crippen LogP contribution in [0, 0.1) is 40.7 Å². The highest BCUT2D eigenvalue weighted by atomic mass is 16.5. The van der Waals surface area contributed by atoms with Crippen molar-refractivity contribution in [2.75, 3.05) is 6.61 Å². The van der Waals surface area contributed by atoms with Gasteiger partial charge in [-0.2, -0.15) is 4.73 Å². The van der Waals surface area contributed by atoms with Crippen LogP contribution in [0.2, 0.25) is 0 Å². The van der Waals surface area contributed by atoms with Crippen molar-refractivity contribution in [2.24, 2.45) is 11.8 Å². The predicted octanol–water partition coefficient (Wildman–Crippen LogP) is 1.64. The number of hydroxylamine groups is 1. The number of nitrogens with one attached hydrogen (secondary N) is 1. The summed E-state index contributed by atoms with van der Waals surface area (Å²) in [6, 6.07) is 10.3. The molecule has 2 aromatic heterocycles. The molecule has 0 unspecified atom stereocenters. The van der Waals surface area contributed by atoms with E-state index >= 15 is 0 Å². The van der Waals surface area contributed by atoms with Crippen molar-refractivity contribution in [1.82, 2.24) is 10.5 Å². The standard InChI is InChI=1S/C23H17N3O4/c27-14-18-11-17(18)4-2-1-3-15-5-7-16(8-6-15)22-12-19(23(28)25-29)20-13-26(30)10-9-21(20)24-22/h5-10,12-13,17-18,27,29H,11,14H2,(H,25,28)/t17-,18-/m1/s1. The number of aliphatic hydroxyl groups excluding tert-OH is 1. The molecule has 30 heavy (non-hydrogen) atoms. The topological polar surface area (TPSA) is 109 Å². The molecule has 0 spiro atoms. The first-order chi connectivity index (χ1) is 14.6. The van der Waals surface area contributed by atoms with Gasteiger partial charge in [0.25, 0.3) is 5.91 Å². The molecule has 0 radical (unpaired) electrons. The van der Waals surface area contributed by atoms with Crippen LogP contribution < -0.4 is 10.2 Å². The van der Waals surface area contributed by atoms with Gasteiger partial charge in [0, 0.05) is 29.7 Å². The molecular weight excluding hydrogens is 382 g/mol. The van der Waals surface area contributed by atoms with Gasteiger partial charge in [0.2, 0.25) is 0 Å². The van der Waals surface area contributed by atoms with Crippen LogP contribution >= 0.6 is 0 Å². The molecule has 1 aromatic carbocycles. The summed E-state index contributed by atoms with van der Waals surface area (Å²) >= 11 is 0. The average molecular weight is 399 g/mol. The monoisotopic (exact) mass is 399 g/mol. The smallest absolute Gasteiger partial charge is 0.275 e. The minimum absolute atomic E-state index is 0.142. The van der Waals surface area contributed by atoms with Crippen LogP contribution in [0.1, 0.15) is 22.3 Å². The van der Waals surface area contributed by atoms with Crippen molar-refractivity contribution in [3.63, 3.8) is 0 Å². The number of hydrogen-bond acceptors (Lipinski definition) is 5. The van der Waals surface area contributed by atoms with E-state index in [1.165, 1.54) is 24.5 Å². The van der Waals surface area contributed by atoms with Crippen molar-refractivity contribution >= 4 is 16.8 Å². The van der Waals surface area contributed by atoms with Crippen molar-refractivity contribution in [1.29, 1.82) is 0 Å². The molecular formula is C23H17N3O4. The Labute approximate surface area is 172 Å². The number of fused-ring (bicyclic) bond motifs is 1. The van der Waals surface area contributed by atoms with Gasteiger partial charge in [0.05, 0.1) is 22.2 Å². The molecule has 2 atom stereocenters. The molecule has 2 heterocycles. The van der Waals surface area contributed by atoms with Crippen molar-refractivity contribution in [3.8, 4) is 34.9 Å². The maximum Gasteiger partial charge on any atom is 0.275 e. The molecule has 3 N–H and O–H groups in total. The molecule has 0 aliphatic heterocycles. The van der Waals surface area contributed by atoms with E-state index in [1.54, 1.807) is 5.48 Å². The molecule has 4 rings (SSSR count). The number of benzene rings is 1. The third-order valence-electron chi connectivity index (χ3n) is 4.93. The number of carbonyl (C=O) groups is 1. The lowest BCUT2D eigenvalue weighted by molar-refractivity contribution is -0.603. The maximum absolute atomic E-state index is 12.1. The van der Waals surface area contributed by atoms with E-state index < -0.39 is 5.91 Å². The van der Waals surface area contributed by atoms with Gasteiger partial charge in [0.15, 0.2) is 12.4 Å². The Morgan fingerprint density at radius 2 is 2.07 bits per heavy atom. The van der Waals surface area contributed by atoms with Gasteiger partial charge < -0.3 is 10.3 Å². The summed E-state index contributed by atoms with van der Waals surface area (Å²) in [5, 5.41) is 30.0. The third kappa shape index (κ3) is 4.08. The third-order valence-corrected chi connectivity index (χ3v) is 4.93. The quantitative estimate of drug-likeness (QED) is 0.204. The highest BCUT2D eigenvalue weighted by Gasteiger charge is 2.34. The van der Waals surface area contributed by atoms with E-state index in [0.29, 0.717) is 27.2 Å². The highest BCUT2D eigenvalue weighted by Crippen LogP contribution is 2.36. The van der Waals surface area contributed by atoms with Crippen LogP contribution in [-0.4, -0.2) is 27.8 Å². The molecule has 7 nitrogen and oxygen atoms in total. The minimum atomic E-state index is -0.727. The Hall–Kier alpha value is -3.91. The van der Waals surface area contributed by atoms with E-state index in [9.17, 15) is 10.0 Å². The van der Waals surface area contributed by atoms with Crippen LogP contribution in [0.5, 0.6) is 0 Å². The molecule has 0 bridgehead atoms. The number of rotatable bonds is 3. The first kappa shape index (κ1) is 19.4. The molecule has 1 fully saturated rings. The van der Waals surface area contributed by atoms with E-state index in [4.69, 9.17) is 10.3 Å². The van der Waals surface area contributed by atoms with Crippen LogP contribution in [-0.2, 0) is 0 Å². The molecule has 1 saturated carbocycles. The van der Waals surface area contributed by atoms with Gasteiger partial charge in [-0.15, -0.1) is 0 Å². The molecule has 7 heteroatoms. The molecule has 148 valence electrons. The van der Waals surface area contributed by atoms with Crippen molar-refractivity contribution in [2.45, 2.75) is 6.42 Å².